The van der Waals surface area contributed by atoms with E-state index in [0.717, 1.165) is 0 Å². The van der Waals surface area contributed by atoms with Crippen LogP contribution in [0.3, 0.4) is 0 Å². The minimum Gasteiger partial charge on any atom is -0.486 e. The van der Waals surface area contributed by atoms with Crippen LogP contribution in [-0.4, -0.2) is 32.3 Å². The van der Waals surface area contributed by atoms with Gasteiger partial charge < -0.3 is 18.9 Å². The molecule has 3 rings (SSSR count). The first-order valence-electron chi connectivity index (χ1n) is 7.41. The molecule has 1 aliphatic rings. The average Bonchev–Trinajstić information content (AvgIpc) is 2.65. The van der Waals surface area contributed by atoms with Gasteiger partial charge in [0.2, 0.25) is 0 Å². The predicted octanol–water partition coefficient (Wildman–Crippen LogP) is 2.60. The summed E-state index contributed by atoms with van der Waals surface area (Å²) in [6.45, 7) is 0.997. The quantitative estimate of drug-likeness (QED) is 0.804. The Morgan fingerprint density at radius 3 is 2.50 bits per heavy atom. The lowest BCUT2D eigenvalue weighted by Crippen LogP contribution is -2.16. The van der Waals surface area contributed by atoms with Crippen molar-refractivity contribution >= 4 is 11.9 Å². The van der Waals surface area contributed by atoms with Crippen molar-refractivity contribution in [3.63, 3.8) is 0 Å². The van der Waals surface area contributed by atoms with Gasteiger partial charge in [0.1, 0.15) is 19.8 Å². The molecular formula is C18H16O6. The molecule has 0 saturated heterocycles. The van der Waals surface area contributed by atoms with E-state index < -0.39 is 11.9 Å². The molecule has 2 aromatic rings. The van der Waals surface area contributed by atoms with Crippen LogP contribution < -0.4 is 9.47 Å². The molecule has 0 aromatic heterocycles. The lowest BCUT2D eigenvalue weighted by Gasteiger charge is -2.18. The highest BCUT2D eigenvalue weighted by Gasteiger charge is 2.16. The van der Waals surface area contributed by atoms with Gasteiger partial charge in [0.25, 0.3) is 0 Å². The van der Waals surface area contributed by atoms with Gasteiger partial charge >= 0.3 is 11.9 Å². The van der Waals surface area contributed by atoms with E-state index >= 15 is 0 Å². The predicted molar refractivity (Wildman–Crippen MR) is 84.3 cm³/mol. The zero-order valence-corrected chi connectivity index (χ0v) is 13.1. The number of methoxy groups -OCH3 is 1. The molecule has 0 spiro atoms. The Morgan fingerprint density at radius 2 is 1.71 bits per heavy atom. The summed E-state index contributed by atoms with van der Waals surface area (Å²) in [6, 6.07) is 11.6. The van der Waals surface area contributed by atoms with Crippen molar-refractivity contribution in [1.82, 2.24) is 0 Å². The van der Waals surface area contributed by atoms with Crippen LogP contribution in [0.4, 0.5) is 0 Å². The van der Waals surface area contributed by atoms with Crippen molar-refractivity contribution in [2.24, 2.45) is 0 Å². The van der Waals surface area contributed by atoms with Gasteiger partial charge in [-0.3, -0.25) is 0 Å². The summed E-state index contributed by atoms with van der Waals surface area (Å²) in [5, 5.41) is 0. The standard InChI is InChI=1S/C18H16O6/c1-21-17(19)13-4-2-3-12(9-13)11-24-18(20)14-5-6-15-16(10-14)23-8-7-22-15/h2-6,9-10H,7-8,11H2,1H3. The van der Waals surface area contributed by atoms with Crippen LogP contribution >= 0.6 is 0 Å². The monoisotopic (exact) mass is 328 g/mol. The highest BCUT2D eigenvalue weighted by Crippen LogP contribution is 2.31. The Bertz CT molecular complexity index is 768. The molecule has 1 heterocycles. The highest BCUT2D eigenvalue weighted by atomic mass is 16.6. The van der Waals surface area contributed by atoms with Crippen LogP contribution in [0.5, 0.6) is 11.5 Å². The van der Waals surface area contributed by atoms with Crippen molar-refractivity contribution in [3.05, 3.63) is 59.2 Å². The molecule has 1 aliphatic heterocycles. The van der Waals surface area contributed by atoms with Crippen molar-refractivity contribution in [2.45, 2.75) is 6.61 Å². The third-order valence-corrected chi connectivity index (χ3v) is 3.50. The molecule has 0 amide bonds. The molecule has 2 aromatic carbocycles. The van der Waals surface area contributed by atoms with Crippen molar-refractivity contribution in [1.29, 1.82) is 0 Å². The molecule has 6 heteroatoms. The van der Waals surface area contributed by atoms with E-state index in [1.54, 1.807) is 42.5 Å². The molecule has 0 unspecified atom stereocenters. The number of carbonyl (C=O) groups is 2. The first kappa shape index (κ1) is 15.9. The van der Waals surface area contributed by atoms with Crippen LogP contribution in [0.2, 0.25) is 0 Å². The zero-order chi connectivity index (χ0) is 16.9. The average molecular weight is 328 g/mol. The van der Waals surface area contributed by atoms with Crippen molar-refractivity contribution < 1.29 is 28.5 Å². The van der Waals surface area contributed by atoms with Gasteiger partial charge in [0, 0.05) is 0 Å². The Morgan fingerprint density at radius 1 is 0.958 bits per heavy atom. The topological polar surface area (TPSA) is 71.1 Å². The molecule has 0 radical (unpaired) electrons. The summed E-state index contributed by atoms with van der Waals surface area (Å²) in [4.78, 5) is 23.7. The van der Waals surface area contributed by atoms with Gasteiger partial charge in [-0.25, -0.2) is 9.59 Å². The molecule has 0 fully saturated rings. The molecule has 24 heavy (non-hydrogen) atoms. The third kappa shape index (κ3) is 3.48. The number of hydrogen-bond acceptors (Lipinski definition) is 6. The molecular weight excluding hydrogens is 312 g/mol. The number of benzene rings is 2. The number of carbonyl (C=O) groups excluding carboxylic acids is 2. The number of hydrogen-bond donors (Lipinski definition) is 0. The lowest BCUT2D eigenvalue weighted by atomic mass is 10.1. The minimum absolute atomic E-state index is 0.0537. The second kappa shape index (κ2) is 7.04. The third-order valence-electron chi connectivity index (χ3n) is 3.50. The second-order valence-corrected chi connectivity index (χ2v) is 5.13. The highest BCUT2D eigenvalue weighted by molar-refractivity contribution is 5.90. The smallest absolute Gasteiger partial charge is 0.338 e. The maximum atomic E-state index is 12.2. The molecule has 0 aliphatic carbocycles. The molecule has 0 saturated carbocycles. The summed E-state index contributed by atoms with van der Waals surface area (Å²) in [7, 11) is 1.32. The molecule has 124 valence electrons. The molecule has 6 nitrogen and oxygen atoms in total. The summed E-state index contributed by atoms with van der Waals surface area (Å²) < 4.78 is 20.8. The summed E-state index contributed by atoms with van der Waals surface area (Å²) in [6.07, 6.45) is 0. The van der Waals surface area contributed by atoms with E-state index in [4.69, 9.17) is 14.2 Å². The van der Waals surface area contributed by atoms with Crippen molar-refractivity contribution in [2.75, 3.05) is 20.3 Å². The Balaban J connectivity index is 1.66. The van der Waals surface area contributed by atoms with Crippen LogP contribution in [0.25, 0.3) is 0 Å². The zero-order valence-electron chi connectivity index (χ0n) is 13.1. The maximum Gasteiger partial charge on any atom is 0.338 e. The van der Waals surface area contributed by atoms with Gasteiger partial charge in [-0.2, -0.15) is 0 Å². The lowest BCUT2D eigenvalue weighted by molar-refractivity contribution is 0.0471. The van der Waals surface area contributed by atoms with Gasteiger partial charge in [-0.1, -0.05) is 12.1 Å². The van der Waals surface area contributed by atoms with E-state index in [-0.39, 0.29) is 6.61 Å². The fourth-order valence-electron chi connectivity index (χ4n) is 2.31. The summed E-state index contributed by atoms with van der Waals surface area (Å²) in [5.41, 5.74) is 1.48. The first-order chi connectivity index (χ1) is 11.7. The van der Waals surface area contributed by atoms with E-state index in [1.807, 2.05) is 0 Å². The van der Waals surface area contributed by atoms with E-state index in [1.165, 1.54) is 7.11 Å². The molecule has 0 bridgehead atoms. The molecule has 0 atom stereocenters. The number of rotatable bonds is 4. The number of esters is 2. The Kier molecular flexibility index (Phi) is 4.65. The summed E-state index contributed by atoms with van der Waals surface area (Å²) >= 11 is 0. The number of fused-ring (bicyclic) bond motifs is 1. The fourth-order valence-corrected chi connectivity index (χ4v) is 2.31. The van der Waals surface area contributed by atoms with Crippen molar-refractivity contribution in [3.8, 4) is 11.5 Å². The summed E-state index contributed by atoms with van der Waals surface area (Å²) in [5.74, 6) is 0.234. The maximum absolute atomic E-state index is 12.2. The van der Waals surface area contributed by atoms with Crippen LogP contribution in [0.1, 0.15) is 26.3 Å². The number of ether oxygens (including phenoxy) is 4. The Labute approximate surface area is 138 Å². The van der Waals surface area contributed by atoms with Gasteiger partial charge in [0.15, 0.2) is 11.5 Å². The fraction of sp³-hybridized carbons (Fsp3) is 0.222. The normalized spacial score (nSPS) is 12.4. The van der Waals surface area contributed by atoms with E-state index in [2.05, 4.69) is 4.74 Å². The van der Waals surface area contributed by atoms with E-state index in [0.29, 0.717) is 41.4 Å². The molecule has 0 N–H and O–H groups in total. The van der Waals surface area contributed by atoms with Gasteiger partial charge in [-0.15, -0.1) is 0 Å². The second-order valence-electron chi connectivity index (χ2n) is 5.13. The van der Waals surface area contributed by atoms with Gasteiger partial charge in [-0.05, 0) is 35.9 Å². The van der Waals surface area contributed by atoms with Gasteiger partial charge in [0.05, 0.1) is 18.2 Å². The van der Waals surface area contributed by atoms with Crippen LogP contribution in [0, 0.1) is 0 Å². The first-order valence-corrected chi connectivity index (χ1v) is 7.41. The Hall–Kier alpha value is -3.02. The van der Waals surface area contributed by atoms with Crippen LogP contribution in [0.15, 0.2) is 42.5 Å². The largest absolute Gasteiger partial charge is 0.486 e. The van der Waals surface area contributed by atoms with Crippen LogP contribution in [-0.2, 0) is 16.1 Å². The minimum atomic E-state index is -0.476. The SMILES string of the molecule is COC(=O)c1cccc(COC(=O)c2ccc3c(c2)OCCO3)c1. The van der Waals surface area contributed by atoms with E-state index in [9.17, 15) is 9.59 Å².